The Balaban J connectivity index is 1.49. The van der Waals surface area contributed by atoms with Crippen LogP contribution in [0, 0.1) is 12.7 Å². The molecule has 0 N–H and O–H groups in total. The van der Waals surface area contributed by atoms with Crippen LogP contribution in [0.2, 0.25) is 0 Å². The lowest BCUT2D eigenvalue weighted by Gasteiger charge is -2.30. The van der Waals surface area contributed by atoms with Crippen molar-refractivity contribution in [3.8, 4) is 0 Å². The van der Waals surface area contributed by atoms with Crippen LogP contribution < -0.4 is 0 Å². The summed E-state index contributed by atoms with van der Waals surface area (Å²) >= 11 is 0. The molecule has 1 saturated heterocycles. The van der Waals surface area contributed by atoms with Crippen LogP contribution in [0.5, 0.6) is 0 Å². The summed E-state index contributed by atoms with van der Waals surface area (Å²) in [6, 6.07) is 6.61. The van der Waals surface area contributed by atoms with E-state index in [2.05, 4.69) is 10.2 Å². The van der Waals surface area contributed by atoms with Crippen LogP contribution in [0.3, 0.4) is 0 Å². The number of rotatable bonds is 4. The normalized spacial score (nSPS) is 15.8. The largest absolute Gasteiger partial charge is 0.425 e. The average Bonchev–Trinajstić information content (AvgIpc) is 3.00. The second-order valence-electron chi connectivity index (χ2n) is 5.91. The number of benzene rings is 1. The Bertz CT molecular complexity index is 678. The Kier molecular flexibility index (Phi) is 4.69. The summed E-state index contributed by atoms with van der Waals surface area (Å²) < 4.78 is 19.0. The lowest BCUT2D eigenvalue weighted by Crippen LogP contribution is -2.38. The number of piperidine rings is 1. The molecule has 0 radical (unpaired) electrons. The lowest BCUT2D eigenvalue weighted by atomic mass is 9.96. The smallest absolute Gasteiger partial charge is 0.222 e. The van der Waals surface area contributed by atoms with E-state index < -0.39 is 0 Å². The van der Waals surface area contributed by atoms with Crippen LogP contribution in [0.1, 0.15) is 42.5 Å². The van der Waals surface area contributed by atoms with Crippen molar-refractivity contribution in [2.75, 3.05) is 13.1 Å². The summed E-state index contributed by atoms with van der Waals surface area (Å²) in [5, 5.41) is 7.92. The molecule has 1 aliphatic heterocycles. The van der Waals surface area contributed by atoms with Crippen molar-refractivity contribution in [3.63, 3.8) is 0 Å². The number of likely N-dealkylation sites (tertiary alicyclic amines) is 1. The number of hydrogen-bond donors (Lipinski definition) is 0. The topological polar surface area (TPSA) is 59.2 Å². The van der Waals surface area contributed by atoms with Gasteiger partial charge < -0.3 is 9.32 Å². The van der Waals surface area contributed by atoms with Crippen LogP contribution in [-0.4, -0.2) is 34.1 Å². The van der Waals surface area contributed by atoms with Crippen molar-refractivity contribution in [2.24, 2.45) is 0 Å². The molecule has 0 unspecified atom stereocenters. The Labute approximate surface area is 134 Å². The fourth-order valence-corrected chi connectivity index (χ4v) is 2.95. The zero-order valence-corrected chi connectivity index (χ0v) is 13.2. The minimum atomic E-state index is -0.245. The highest BCUT2D eigenvalue weighted by Crippen LogP contribution is 2.27. The van der Waals surface area contributed by atoms with Crippen LogP contribution >= 0.6 is 0 Å². The third kappa shape index (κ3) is 3.75. The van der Waals surface area contributed by atoms with Crippen molar-refractivity contribution < 1.29 is 13.6 Å². The van der Waals surface area contributed by atoms with E-state index >= 15 is 0 Å². The minimum Gasteiger partial charge on any atom is -0.425 e. The highest BCUT2D eigenvalue weighted by atomic mass is 19.1. The molecule has 6 heteroatoms. The molecule has 1 aromatic heterocycles. The lowest BCUT2D eigenvalue weighted by molar-refractivity contribution is -0.132. The monoisotopic (exact) mass is 317 g/mol. The number of hydrogen-bond acceptors (Lipinski definition) is 4. The van der Waals surface area contributed by atoms with E-state index in [1.807, 2.05) is 4.90 Å². The SMILES string of the molecule is Cc1nnc(C2CCN(C(=O)CCc3ccccc3F)CC2)o1. The fraction of sp³-hybridized carbons (Fsp3) is 0.471. The van der Waals surface area contributed by atoms with E-state index in [1.165, 1.54) is 6.07 Å². The molecule has 3 rings (SSSR count). The Morgan fingerprint density at radius 2 is 2.04 bits per heavy atom. The molecule has 1 aromatic carbocycles. The molecule has 2 heterocycles. The summed E-state index contributed by atoms with van der Waals surface area (Å²) in [6.45, 7) is 3.14. The standard InChI is InChI=1S/C17H20FN3O2/c1-12-19-20-17(23-12)14-8-10-21(11-9-14)16(22)7-6-13-4-2-3-5-15(13)18/h2-5,14H,6-11H2,1H3. The van der Waals surface area contributed by atoms with Crippen LogP contribution in [-0.2, 0) is 11.2 Å². The predicted molar refractivity (Wildman–Crippen MR) is 82.3 cm³/mol. The van der Waals surface area contributed by atoms with Gasteiger partial charge in [0.25, 0.3) is 0 Å². The van der Waals surface area contributed by atoms with Gasteiger partial charge in [0.1, 0.15) is 5.82 Å². The van der Waals surface area contributed by atoms with E-state index in [9.17, 15) is 9.18 Å². The van der Waals surface area contributed by atoms with Gasteiger partial charge >= 0.3 is 0 Å². The molecule has 0 aliphatic carbocycles. The first-order valence-electron chi connectivity index (χ1n) is 7.94. The average molecular weight is 317 g/mol. The zero-order chi connectivity index (χ0) is 16.2. The maximum absolute atomic E-state index is 13.6. The summed E-state index contributed by atoms with van der Waals surface area (Å²) in [6.07, 6.45) is 2.43. The van der Waals surface area contributed by atoms with Gasteiger partial charge in [-0.05, 0) is 30.9 Å². The third-order valence-electron chi connectivity index (χ3n) is 4.30. The summed E-state index contributed by atoms with van der Waals surface area (Å²) in [5.41, 5.74) is 0.595. The molecular formula is C17H20FN3O2. The van der Waals surface area contributed by atoms with E-state index in [1.54, 1.807) is 25.1 Å². The van der Waals surface area contributed by atoms with Crippen LogP contribution in [0.25, 0.3) is 0 Å². The van der Waals surface area contributed by atoms with Crippen LogP contribution in [0.4, 0.5) is 4.39 Å². The molecule has 0 saturated carbocycles. The van der Waals surface area contributed by atoms with E-state index in [-0.39, 0.29) is 17.6 Å². The van der Waals surface area contributed by atoms with Gasteiger partial charge in [0.15, 0.2) is 0 Å². The molecule has 1 fully saturated rings. The molecule has 1 aliphatic rings. The number of aromatic nitrogens is 2. The van der Waals surface area contributed by atoms with Gasteiger partial charge in [-0.1, -0.05) is 18.2 Å². The van der Waals surface area contributed by atoms with Gasteiger partial charge in [-0.25, -0.2) is 4.39 Å². The Hall–Kier alpha value is -2.24. The van der Waals surface area contributed by atoms with Crippen molar-refractivity contribution in [2.45, 2.75) is 38.5 Å². The third-order valence-corrected chi connectivity index (χ3v) is 4.30. The Morgan fingerprint density at radius 3 is 2.70 bits per heavy atom. The molecule has 1 amide bonds. The van der Waals surface area contributed by atoms with Crippen LogP contribution in [0.15, 0.2) is 28.7 Å². The number of nitrogens with zero attached hydrogens (tertiary/aromatic N) is 3. The number of amides is 1. The molecule has 2 aromatic rings. The van der Waals surface area contributed by atoms with Crippen molar-refractivity contribution in [1.29, 1.82) is 0 Å². The first kappa shape index (κ1) is 15.6. The highest BCUT2D eigenvalue weighted by Gasteiger charge is 2.26. The molecule has 122 valence electrons. The van der Waals surface area contributed by atoms with Crippen molar-refractivity contribution in [1.82, 2.24) is 15.1 Å². The maximum atomic E-state index is 13.6. The molecule has 0 spiro atoms. The van der Waals surface area contributed by atoms with Gasteiger partial charge in [-0.15, -0.1) is 10.2 Å². The van der Waals surface area contributed by atoms with Gasteiger partial charge in [0, 0.05) is 32.4 Å². The van der Waals surface area contributed by atoms with Crippen molar-refractivity contribution in [3.05, 3.63) is 47.4 Å². The summed E-state index contributed by atoms with van der Waals surface area (Å²) in [4.78, 5) is 14.1. The second-order valence-corrected chi connectivity index (χ2v) is 5.91. The van der Waals surface area contributed by atoms with E-state index in [4.69, 9.17) is 4.42 Å². The predicted octanol–water partition coefficient (Wildman–Crippen LogP) is 2.86. The minimum absolute atomic E-state index is 0.0772. The quantitative estimate of drug-likeness (QED) is 0.870. The molecule has 5 nitrogen and oxygen atoms in total. The number of aryl methyl sites for hydroxylation is 2. The number of halogens is 1. The summed E-state index contributed by atoms with van der Waals surface area (Å²) in [7, 11) is 0. The second kappa shape index (κ2) is 6.89. The molecular weight excluding hydrogens is 297 g/mol. The first-order valence-corrected chi connectivity index (χ1v) is 7.94. The molecule has 23 heavy (non-hydrogen) atoms. The van der Waals surface area contributed by atoms with Gasteiger partial charge in [-0.2, -0.15) is 0 Å². The number of carbonyl (C=O) groups excluding carboxylic acids is 1. The zero-order valence-electron chi connectivity index (χ0n) is 13.2. The molecule has 0 atom stereocenters. The Morgan fingerprint density at radius 1 is 1.30 bits per heavy atom. The van der Waals surface area contributed by atoms with Crippen molar-refractivity contribution >= 4 is 5.91 Å². The van der Waals surface area contributed by atoms with E-state index in [0.29, 0.717) is 43.3 Å². The fourth-order valence-electron chi connectivity index (χ4n) is 2.95. The van der Waals surface area contributed by atoms with Gasteiger partial charge in [-0.3, -0.25) is 4.79 Å². The van der Waals surface area contributed by atoms with Gasteiger partial charge in [0.2, 0.25) is 17.7 Å². The highest BCUT2D eigenvalue weighted by molar-refractivity contribution is 5.76. The van der Waals surface area contributed by atoms with E-state index in [0.717, 1.165) is 12.8 Å². The maximum Gasteiger partial charge on any atom is 0.222 e. The van der Waals surface area contributed by atoms with Gasteiger partial charge in [0.05, 0.1) is 0 Å². The molecule has 0 bridgehead atoms. The first-order chi connectivity index (χ1) is 11.1. The summed E-state index contributed by atoms with van der Waals surface area (Å²) in [5.74, 6) is 1.30. The number of carbonyl (C=O) groups is 1.